The van der Waals surface area contributed by atoms with Crippen LogP contribution in [0.3, 0.4) is 0 Å². The molecule has 7 nitrogen and oxygen atoms in total. The van der Waals surface area contributed by atoms with E-state index in [1.54, 1.807) is 0 Å². The Balaban J connectivity index is 2.84. The maximum absolute atomic E-state index is 12.1. The second-order valence-corrected chi connectivity index (χ2v) is 6.66. The summed E-state index contributed by atoms with van der Waals surface area (Å²) in [5.41, 5.74) is 5.66. The largest absolute Gasteiger partial charge is 0.326 e. The van der Waals surface area contributed by atoms with Gasteiger partial charge in [0.1, 0.15) is 0 Å². The van der Waals surface area contributed by atoms with Gasteiger partial charge in [-0.05, 0) is 27.9 Å². The third kappa shape index (κ3) is 3.29. The predicted octanol–water partition coefficient (Wildman–Crippen LogP) is -0.513. The van der Waals surface area contributed by atoms with Crippen molar-refractivity contribution in [3.8, 4) is 0 Å². The molecule has 0 unspecified atom stereocenters. The minimum absolute atomic E-state index is 0.0413. The van der Waals surface area contributed by atoms with E-state index >= 15 is 0 Å². The van der Waals surface area contributed by atoms with Gasteiger partial charge in [0.2, 0.25) is 0 Å². The Morgan fingerprint density at radius 1 is 1.50 bits per heavy atom. The molecule has 104 valence electrons. The third-order valence-corrected chi connectivity index (χ3v) is 4.49. The van der Waals surface area contributed by atoms with Crippen LogP contribution in [0.25, 0.3) is 0 Å². The van der Waals surface area contributed by atoms with Gasteiger partial charge in [0.15, 0.2) is 5.03 Å². The Morgan fingerprint density at radius 2 is 2.11 bits per heavy atom. The van der Waals surface area contributed by atoms with Crippen LogP contribution < -0.4 is 10.5 Å². The molecule has 0 amide bonds. The van der Waals surface area contributed by atoms with Gasteiger partial charge in [-0.25, -0.2) is 13.1 Å². The number of aromatic nitrogens is 2. The van der Waals surface area contributed by atoms with Crippen LogP contribution in [0.15, 0.2) is 11.2 Å². The standard InChI is InChI=1S/C10H21N5O2S/c1-10(2,15(3)4)7-13-18(16,17)9-8(5-11)6-12-14-9/h6,13H,5,7,11H2,1-4H3,(H,12,14). The first-order valence-electron chi connectivity index (χ1n) is 5.60. The topological polar surface area (TPSA) is 104 Å². The van der Waals surface area contributed by atoms with Crippen molar-refractivity contribution in [2.75, 3.05) is 20.6 Å². The number of nitrogens with two attached hydrogens (primary N) is 1. The first-order valence-corrected chi connectivity index (χ1v) is 7.08. The monoisotopic (exact) mass is 275 g/mol. The maximum atomic E-state index is 12.1. The van der Waals surface area contributed by atoms with Crippen LogP contribution >= 0.6 is 0 Å². The summed E-state index contributed by atoms with van der Waals surface area (Å²) in [6.07, 6.45) is 1.42. The lowest BCUT2D eigenvalue weighted by Gasteiger charge is -2.32. The smallest absolute Gasteiger partial charge is 0.257 e. The molecule has 0 saturated carbocycles. The van der Waals surface area contributed by atoms with Crippen molar-refractivity contribution < 1.29 is 8.42 Å². The zero-order valence-electron chi connectivity index (χ0n) is 11.2. The average molecular weight is 275 g/mol. The molecule has 0 atom stereocenters. The van der Waals surface area contributed by atoms with Gasteiger partial charge in [0.25, 0.3) is 10.0 Å². The number of sulfonamides is 1. The molecule has 0 radical (unpaired) electrons. The van der Waals surface area contributed by atoms with E-state index in [2.05, 4.69) is 14.9 Å². The van der Waals surface area contributed by atoms with Gasteiger partial charge < -0.3 is 10.6 Å². The Kier molecular flexibility index (Phi) is 4.49. The maximum Gasteiger partial charge on any atom is 0.257 e. The van der Waals surface area contributed by atoms with Crippen LogP contribution in [0.1, 0.15) is 19.4 Å². The summed E-state index contributed by atoms with van der Waals surface area (Å²) in [5, 5.41) is 6.21. The van der Waals surface area contributed by atoms with Gasteiger partial charge >= 0.3 is 0 Å². The molecule has 0 aliphatic carbocycles. The Bertz CT molecular complexity index is 492. The lowest BCUT2D eigenvalue weighted by atomic mass is 10.1. The summed E-state index contributed by atoms with van der Waals surface area (Å²) < 4.78 is 26.7. The second kappa shape index (κ2) is 5.35. The predicted molar refractivity (Wildman–Crippen MR) is 69.4 cm³/mol. The molecule has 1 rings (SSSR count). The summed E-state index contributed by atoms with van der Waals surface area (Å²) in [6.45, 7) is 4.33. The van der Waals surface area contributed by atoms with Gasteiger partial charge in [-0.15, -0.1) is 0 Å². The first-order chi connectivity index (χ1) is 8.20. The van der Waals surface area contributed by atoms with Crippen LogP contribution in [0.2, 0.25) is 0 Å². The number of nitrogens with one attached hydrogen (secondary N) is 2. The van der Waals surface area contributed by atoms with Gasteiger partial charge in [0, 0.05) is 24.2 Å². The van der Waals surface area contributed by atoms with Crippen molar-refractivity contribution in [2.24, 2.45) is 5.73 Å². The fourth-order valence-electron chi connectivity index (χ4n) is 1.18. The molecule has 0 saturated heterocycles. The van der Waals surface area contributed by atoms with Gasteiger partial charge in [-0.2, -0.15) is 5.10 Å². The van der Waals surface area contributed by atoms with E-state index in [0.717, 1.165) is 0 Å². The Morgan fingerprint density at radius 3 is 2.61 bits per heavy atom. The molecule has 0 aliphatic rings. The summed E-state index contributed by atoms with van der Waals surface area (Å²) in [6, 6.07) is 0. The number of aromatic amines is 1. The molecule has 1 aromatic rings. The quantitative estimate of drug-likeness (QED) is 0.648. The van der Waals surface area contributed by atoms with Crippen LogP contribution in [-0.4, -0.2) is 49.7 Å². The second-order valence-electron chi connectivity index (χ2n) is 4.96. The minimum atomic E-state index is -3.60. The van der Waals surface area contributed by atoms with Crippen molar-refractivity contribution in [1.82, 2.24) is 19.8 Å². The number of hydrogen-bond donors (Lipinski definition) is 3. The normalized spacial score (nSPS) is 13.2. The van der Waals surface area contributed by atoms with E-state index in [0.29, 0.717) is 12.1 Å². The molecule has 0 fully saturated rings. The molecule has 0 aliphatic heterocycles. The number of rotatable bonds is 6. The van der Waals surface area contributed by atoms with Crippen molar-refractivity contribution in [1.29, 1.82) is 0 Å². The summed E-state index contributed by atoms with van der Waals surface area (Å²) in [4.78, 5) is 1.95. The summed E-state index contributed by atoms with van der Waals surface area (Å²) in [7, 11) is 0.196. The van der Waals surface area contributed by atoms with E-state index in [9.17, 15) is 8.42 Å². The molecular formula is C10H21N5O2S. The summed E-state index contributed by atoms with van der Waals surface area (Å²) in [5.74, 6) is 0. The van der Waals surface area contributed by atoms with E-state index in [1.807, 2.05) is 32.8 Å². The molecule has 1 heterocycles. The Labute approximate surface area is 108 Å². The molecule has 4 N–H and O–H groups in total. The Hall–Kier alpha value is -0.960. The number of nitrogens with zero attached hydrogens (tertiary/aromatic N) is 2. The molecule has 0 aromatic carbocycles. The SMILES string of the molecule is CN(C)C(C)(C)CNS(=O)(=O)c1[nH]ncc1CN. The highest BCUT2D eigenvalue weighted by molar-refractivity contribution is 7.89. The van der Waals surface area contributed by atoms with E-state index in [4.69, 9.17) is 5.73 Å². The fraction of sp³-hybridized carbons (Fsp3) is 0.700. The molecule has 1 aromatic heterocycles. The van der Waals surface area contributed by atoms with E-state index in [1.165, 1.54) is 6.20 Å². The summed E-state index contributed by atoms with van der Waals surface area (Å²) >= 11 is 0. The average Bonchev–Trinajstić information content (AvgIpc) is 2.75. The van der Waals surface area contributed by atoms with Crippen LogP contribution in [0, 0.1) is 0 Å². The fourth-order valence-corrected chi connectivity index (χ4v) is 2.52. The van der Waals surface area contributed by atoms with Crippen molar-refractivity contribution in [3.05, 3.63) is 11.8 Å². The van der Waals surface area contributed by atoms with Crippen molar-refractivity contribution in [2.45, 2.75) is 31.0 Å². The van der Waals surface area contributed by atoms with Gasteiger partial charge in [-0.3, -0.25) is 5.10 Å². The molecule has 8 heteroatoms. The number of likely N-dealkylation sites (N-methyl/N-ethyl adjacent to an activating group) is 1. The van der Waals surface area contributed by atoms with Gasteiger partial charge in [-0.1, -0.05) is 0 Å². The van der Waals surface area contributed by atoms with E-state index in [-0.39, 0.29) is 17.1 Å². The van der Waals surface area contributed by atoms with Gasteiger partial charge in [0.05, 0.1) is 6.20 Å². The minimum Gasteiger partial charge on any atom is -0.326 e. The highest BCUT2D eigenvalue weighted by Crippen LogP contribution is 2.13. The van der Waals surface area contributed by atoms with Crippen LogP contribution in [-0.2, 0) is 16.6 Å². The molecule has 18 heavy (non-hydrogen) atoms. The van der Waals surface area contributed by atoms with Crippen LogP contribution in [0.4, 0.5) is 0 Å². The molecule has 0 bridgehead atoms. The molecule has 0 spiro atoms. The molecular weight excluding hydrogens is 254 g/mol. The highest BCUT2D eigenvalue weighted by Gasteiger charge is 2.26. The zero-order chi connectivity index (χ0) is 14.0. The highest BCUT2D eigenvalue weighted by atomic mass is 32.2. The lowest BCUT2D eigenvalue weighted by molar-refractivity contribution is 0.199. The van der Waals surface area contributed by atoms with E-state index < -0.39 is 10.0 Å². The first kappa shape index (κ1) is 15.1. The van der Waals surface area contributed by atoms with Crippen molar-refractivity contribution in [3.63, 3.8) is 0 Å². The van der Waals surface area contributed by atoms with Crippen LogP contribution in [0.5, 0.6) is 0 Å². The van der Waals surface area contributed by atoms with Crippen molar-refractivity contribution >= 4 is 10.0 Å². The lowest BCUT2D eigenvalue weighted by Crippen LogP contribution is -2.48. The number of hydrogen-bond acceptors (Lipinski definition) is 5. The number of H-pyrrole nitrogens is 1. The third-order valence-electron chi connectivity index (χ3n) is 3.07. The zero-order valence-corrected chi connectivity index (χ0v) is 12.0.